The van der Waals surface area contributed by atoms with E-state index in [4.69, 9.17) is 4.74 Å². The number of benzene rings is 1. The van der Waals surface area contributed by atoms with Gasteiger partial charge in [0.1, 0.15) is 12.4 Å². The van der Waals surface area contributed by atoms with Crippen LogP contribution >= 0.6 is 22.6 Å². The van der Waals surface area contributed by atoms with E-state index in [1.165, 1.54) is 3.57 Å². The fraction of sp³-hybridized carbons (Fsp3) is 0.417. The number of guanidine groups is 1. The summed E-state index contributed by atoms with van der Waals surface area (Å²) in [6.45, 7) is 4.35. The minimum Gasteiger partial charge on any atom is -0.492 e. The Balaban J connectivity index is 1.65. The van der Waals surface area contributed by atoms with Crippen molar-refractivity contribution in [1.29, 1.82) is 0 Å². The Hall–Kier alpha value is -0.980. The van der Waals surface area contributed by atoms with Gasteiger partial charge in [-0.3, -0.25) is 4.99 Å². The topological polar surface area (TPSA) is 45.7 Å². The Labute approximate surface area is 115 Å². The first-order valence-electron chi connectivity index (χ1n) is 5.67. The van der Waals surface area contributed by atoms with Crippen LogP contribution in [0.5, 0.6) is 5.75 Å². The fourth-order valence-corrected chi connectivity index (χ4v) is 1.89. The fourth-order valence-electron chi connectivity index (χ4n) is 1.53. The summed E-state index contributed by atoms with van der Waals surface area (Å²) in [5, 5.41) is 6.45. The van der Waals surface area contributed by atoms with Crippen LogP contribution in [0.3, 0.4) is 0 Å². The molecule has 0 aromatic heterocycles. The van der Waals surface area contributed by atoms with E-state index in [0.29, 0.717) is 12.6 Å². The minimum absolute atomic E-state index is 0.439. The van der Waals surface area contributed by atoms with E-state index in [9.17, 15) is 0 Å². The molecule has 1 aromatic carbocycles. The summed E-state index contributed by atoms with van der Waals surface area (Å²) in [6.07, 6.45) is 0. The summed E-state index contributed by atoms with van der Waals surface area (Å²) in [7, 11) is 0. The molecule has 0 aliphatic carbocycles. The lowest BCUT2D eigenvalue weighted by molar-refractivity contribution is 0.322. The van der Waals surface area contributed by atoms with Gasteiger partial charge in [-0.15, -0.1) is 0 Å². The highest BCUT2D eigenvalue weighted by atomic mass is 127. The Kier molecular flexibility index (Phi) is 4.47. The standard InChI is InChI=1S/C12H16IN3O/c1-9-8-15-12(16-9)14-6-7-17-11-4-2-10(13)3-5-11/h2-5,9H,6-8H2,1H3,(H2,14,15,16). The number of hydrogen-bond donors (Lipinski definition) is 2. The van der Waals surface area contributed by atoms with Gasteiger partial charge in [-0.2, -0.15) is 0 Å². The van der Waals surface area contributed by atoms with E-state index in [-0.39, 0.29) is 0 Å². The zero-order chi connectivity index (χ0) is 12.1. The molecule has 17 heavy (non-hydrogen) atoms. The summed E-state index contributed by atoms with van der Waals surface area (Å²) in [4.78, 5) is 4.31. The molecule has 1 aliphatic heterocycles. The maximum absolute atomic E-state index is 5.60. The minimum atomic E-state index is 0.439. The third-order valence-corrected chi connectivity index (χ3v) is 3.10. The molecule has 0 radical (unpaired) electrons. The highest BCUT2D eigenvalue weighted by Crippen LogP contribution is 2.12. The zero-order valence-electron chi connectivity index (χ0n) is 9.74. The second kappa shape index (κ2) is 6.09. The molecule has 1 atom stereocenters. The van der Waals surface area contributed by atoms with Crippen LogP contribution in [0.25, 0.3) is 0 Å². The molecule has 2 rings (SSSR count). The first-order valence-corrected chi connectivity index (χ1v) is 6.75. The largest absolute Gasteiger partial charge is 0.492 e. The second-order valence-corrected chi connectivity index (χ2v) is 5.21. The number of nitrogens with zero attached hydrogens (tertiary/aromatic N) is 1. The van der Waals surface area contributed by atoms with Gasteiger partial charge in [0.05, 0.1) is 13.1 Å². The molecular weight excluding hydrogens is 329 g/mol. The number of ether oxygens (including phenoxy) is 1. The SMILES string of the molecule is CC1CN=C(NCCOc2ccc(I)cc2)N1. The maximum Gasteiger partial charge on any atom is 0.191 e. The molecule has 1 aliphatic rings. The first-order chi connectivity index (χ1) is 8.24. The molecule has 0 fully saturated rings. The lowest BCUT2D eigenvalue weighted by Gasteiger charge is -2.10. The number of hydrogen-bond acceptors (Lipinski definition) is 4. The van der Waals surface area contributed by atoms with Crippen molar-refractivity contribution in [3.05, 3.63) is 27.8 Å². The Bertz CT molecular complexity index is 391. The molecule has 1 unspecified atom stereocenters. The molecule has 0 spiro atoms. The molecule has 2 N–H and O–H groups in total. The predicted octanol–water partition coefficient (Wildman–Crippen LogP) is 1.61. The Morgan fingerprint density at radius 2 is 2.24 bits per heavy atom. The first kappa shape index (κ1) is 12.5. The number of aliphatic imine (C=N–C) groups is 1. The van der Waals surface area contributed by atoms with E-state index < -0.39 is 0 Å². The average Bonchev–Trinajstić information content (AvgIpc) is 2.73. The molecule has 0 saturated carbocycles. The number of halogens is 1. The lowest BCUT2D eigenvalue weighted by Crippen LogP contribution is -2.39. The van der Waals surface area contributed by atoms with Crippen LogP contribution in [0.15, 0.2) is 29.3 Å². The van der Waals surface area contributed by atoms with Gasteiger partial charge in [-0.25, -0.2) is 0 Å². The van der Waals surface area contributed by atoms with Crippen LogP contribution in [0, 0.1) is 3.57 Å². The quantitative estimate of drug-likeness (QED) is 0.644. The predicted molar refractivity (Wildman–Crippen MR) is 77.6 cm³/mol. The van der Waals surface area contributed by atoms with Crippen LogP contribution in [0.1, 0.15) is 6.92 Å². The van der Waals surface area contributed by atoms with Gasteiger partial charge in [0, 0.05) is 9.61 Å². The summed E-state index contributed by atoms with van der Waals surface area (Å²) < 4.78 is 6.81. The second-order valence-electron chi connectivity index (χ2n) is 3.96. The van der Waals surface area contributed by atoms with Crippen molar-refractivity contribution in [1.82, 2.24) is 10.6 Å². The van der Waals surface area contributed by atoms with Crippen molar-refractivity contribution >= 4 is 28.6 Å². The highest BCUT2D eigenvalue weighted by molar-refractivity contribution is 14.1. The summed E-state index contributed by atoms with van der Waals surface area (Å²) in [5.74, 6) is 1.78. The lowest BCUT2D eigenvalue weighted by atomic mass is 10.3. The molecule has 1 heterocycles. The van der Waals surface area contributed by atoms with E-state index in [1.807, 2.05) is 24.3 Å². The van der Waals surface area contributed by atoms with Crippen LogP contribution < -0.4 is 15.4 Å². The number of rotatable bonds is 4. The molecule has 0 bridgehead atoms. The smallest absolute Gasteiger partial charge is 0.191 e. The van der Waals surface area contributed by atoms with Gasteiger partial charge < -0.3 is 15.4 Å². The van der Waals surface area contributed by atoms with E-state index >= 15 is 0 Å². The maximum atomic E-state index is 5.60. The van der Waals surface area contributed by atoms with Gasteiger partial charge in [-0.05, 0) is 53.8 Å². The third-order valence-electron chi connectivity index (χ3n) is 2.38. The summed E-state index contributed by atoms with van der Waals surface area (Å²) in [6, 6.07) is 8.47. The average molecular weight is 345 g/mol. The highest BCUT2D eigenvalue weighted by Gasteiger charge is 2.10. The Morgan fingerprint density at radius 1 is 1.47 bits per heavy atom. The van der Waals surface area contributed by atoms with Crippen LogP contribution in [0.4, 0.5) is 0 Å². The molecule has 4 nitrogen and oxygen atoms in total. The summed E-state index contributed by atoms with van der Waals surface area (Å²) >= 11 is 2.28. The van der Waals surface area contributed by atoms with Crippen molar-refractivity contribution in [2.24, 2.45) is 4.99 Å². The van der Waals surface area contributed by atoms with Crippen molar-refractivity contribution in [3.63, 3.8) is 0 Å². The monoisotopic (exact) mass is 345 g/mol. The molecule has 0 amide bonds. The molecule has 92 valence electrons. The van der Waals surface area contributed by atoms with E-state index in [1.54, 1.807) is 0 Å². The zero-order valence-corrected chi connectivity index (χ0v) is 11.9. The van der Waals surface area contributed by atoms with Crippen LogP contribution in [-0.4, -0.2) is 31.7 Å². The molecule has 5 heteroatoms. The van der Waals surface area contributed by atoms with Crippen molar-refractivity contribution in [2.45, 2.75) is 13.0 Å². The summed E-state index contributed by atoms with van der Waals surface area (Å²) in [5.41, 5.74) is 0. The molecule has 0 saturated heterocycles. The van der Waals surface area contributed by atoms with Crippen molar-refractivity contribution in [2.75, 3.05) is 19.7 Å². The van der Waals surface area contributed by atoms with Gasteiger partial charge in [-0.1, -0.05) is 0 Å². The van der Waals surface area contributed by atoms with Crippen molar-refractivity contribution in [3.8, 4) is 5.75 Å². The van der Waals surface area contributed by atoms with E-state index in [2.05, 4.69) is 45.1 Å². The third kappa shape index (κ3) is 4.07. The number of nitrogens with one attached hydrogen (secondary N) is 2. The molecule has 1 aromatic rings. The normalized spacial score (nSPS) is 18.5. The van der Waals surface area contributed by atoms with E-state index in [0.717, 1.165) is 24.8 Å². The van der Waals surface area contributed by atoms with Gasteiger partial charge in [0.2, 0.25) is 0 Å². The molecular formula is C12H16IN3O. The van der Waals surface area contributed by atoms with Crippen LogP contribution in [-0.2, 0) is 0 Å². The van der Waals surface area contributed by atoms with Crippen molar-refractivity contribution < 1.29 is 4.74 Å². The Morgan fingerprint density at radius 3 is 2.88 bits per heavy atom. The van der Waals surface area contributed by atoms with Gasteiger partial charge >= 0.3 is 0 Å². The van der Waals surface area contributed by atoms with Gasteiger partial charge in [0.15, 0.2) is 5.96 Å². The van der Waals surface area contributed by atoms with Crippen LogP contribution in [0.2, 0.25) is 0 Å². The van der Waals surface area contributed by atoms with Gasteiger partial charge in [0.25, 0.3) is 0 Å².